The Labute approximate surface area is 98.9 Å². The second-order valence-corrected chi connectivity index (χ2v) is 6.75. The van der Waals surface area contributed by atoms with Crippen molar-refractivity contribution < 1.29 is 21.8 Å². The molecule has 1 aromatic carbocycles. The van der Waals surface area contributed by atoms with Gasteiger partial charge in [0.25, 0.3) is 0 Å². The third-order valence-electron chi connectivity index (χ3n) is 1.69. The Morgan fingerprint density at radius 3 is 2.44 bits per heavy atom. The van der Waals surface area contributed by atoms with Crippen LogP contribution in [0.25, 0.3) is 0 Å². The van der Waals surface area contributed by atoms with Crippen LogP contribution in [-0.2, 0) is 8.53 Å². The fraction of sp³-hybridized carbons (Fsp3) is 0.125. The van der Waals surface area contributed by atoms with Gasteiger partial charge in [0.2, 0.25) is 0 Å². The second-order valence-electron chi connectivity index (χ2n) is 3.05. The van der Waals surface area contributed by atoms with Crippen molar-refractivity contribution in [3.05, 3.63) is 17.2 Å². The average Bonchev–Trinajstić information content (AvgIpc) is 2.07. The Kier molecular flexibility index (Phi) is 3.70. The number of phenolic OH excluding ortho intramolecular Hbond substituents is 1. The van der Waals surface area contributed by atoms with Crippen molar-refractivity contribution in [3.63, 3.8) is 0 Å². The summed E-state index contributed by atoms with van der Waals surface area (Å²) >= 11 is 0.484. The number of carbonyl (C=O) groups is 1. The number of benzene rings is 1. The molecule has 0 radical (unpaired) electrons. The number of hydrogen-bond donors (Lipinski definition) is 4. The number of hydrogen-bond acceptors (Lipinski definition) is 3. The van der Waals surface area contributed by atoms with Gasteiger partial charge in [-0.15, -0.1) is 0 Å². The first-order valence-corrected chi connectivity index (χ1v) is 7.84. The van der Waals surface area contributed by atoms with Gasteiger partial charge < -0.3 is 0 Å². The van der Waals surface area contributed by atoms with Crippen LogP contribution >= 0.6 is 11.6 Å². The first kappa shape index (κ1) is 13.1. The van der Waals surface area contributed by atoms with Gasteiger partial charge in [-0.2, -0.15) is 0 Å². The molecule has 0 fully saturated rings. The molecule has 0 atom stereocenters. The summed E-state index contributed by atoms with van der Waals surface area (Å²) in [6, 6.07) is 1.95. The van der Waals surface area contributed by atoms with Crippen LogP contribution in [0.2, 0.25) is 5.02 Å². The summed E-state index contributed by atoms with van der Waals surface area (Å²) in [6.45, 7) is 1.24. The minimum absolute atomic E-state index is 0.0484. The van der Waals surface area contributed by atoms with Crippen molar-refractivity contribution in [2.75, 3.05) is 5.32 Å². The molecule has 0 saturated carbocycles. The van der Waals surface area contributed by atoms with Crippen molar-refractivity contribution in [3.8, 4) is 5.75 Å². The maximum absolute atomic E-state index is 11.0. The summed E-state index contributed by atoms with van der Waals surface area (Å²) in [4.78, 5) is 10.8. The standard InChI is InChI=1S/C8H9AsClNO5/c1-4(12)11-7-3-8(13)5(2-6(7)10)9(14,15)16/h2-3,13H,1H3,(H,11,12)(H2,14,15,16). The van der Waals surface area contributed by atoms with E-state index in [0.717, 1.165) is 12.1 Å². The molecule has 0 heterocycles. The van der Waals surface area contributed by atoms with E-state index in [1.54, 1.807) is 0 Å². The number of nitrogens with one attached hydrogen (secondary N) is 1. The molecule has 0 aliphatic rings. The molecule has 88 valence electrons. The van der Waals surface area contributed by atoms with Crippen LogP contribution < -0.4 is 9.67 Å². The van der Waals surface area contributed by atoms with Gasteiger partial charge in [-0.05, 0) is 0 Å². The number of carbonyl (C=O) groups excluding carboxylic acids is 1. The second kappa shape index (κ2) is 4.51. The average molecular weight is 310 g/mol. The molecule has 0 bridgehead atoms. The molecule has 0 aliphatic carbocycles. The van der Waals surface area contributed by atoms with Crippen LogP contribution in [0, 0.1) is 0 Å². The van der Waals surface area contributed by atoms with E-state index in [-0.39, 0.29) is 10.7 Å². The van der Waals surface area contributed by atoms with E-state index in [1.165, 1.54) is 6.92 Å². The van der Waals surface area contributed by atoms with E-state index in [9.17, 15) is 13.6 Å². The van der Waals surface area contributed by atoms with Crippen LogP contribution in [0.5, 0.6) is 5.75 Å². The van der Waals surface area contributed by atoms with Crippen LogP contribution in [0.15, 0.2) is 12.1 Å². The zero-order valence-corrected chi connectivity index (χ0v) is 10.8. The number of anilines is 1. The quantitative estimate of drug-likeness (QED) is 0.554. The number of halogens is 1. The zero-order chi connectivity index (χ0) is 12.5. The van der Waals surface area contributed by atoms with Crippen molar-refractivity contribution in [2.24, 2.45) is 0 Å². The van der Waals surface area contributed by atoms with Gasteiger partial charge in [0.15, 0.2) is 0 Å². The van der Waals surface area contributed by atoms with Gasteiger partial charge in [0.1, 0.15) is 0 Å². The molecule has 16 heavy (non-hydrogen) atoms. The molecule has 6 nitrogen and oxygen atoms in total. The zero-order valence-electron chi connectivity index (χ0n) is 8.14. The maximum atomic E-state index is 11.0. The van der Waals surface area contributed by atoms with E-state index in [4.69, 9.17) is 19.8 Å². The summed E-state index contributed by atoms with van der Waals surface area (Å²) in [5.41, 5.74) is 0.0966. The molecule has 1 amide bonds. The Morgan fingerprint density at radius 1 is 1.44 bits per heavy atom. The molecule has 1 aromatic rings. The molecule has 0 saturated heterocycles. The van der Waals surface area contributed by atoms with Crippen molar-refractivity contribution in [1.29, 1.82) is 0 Å². The number of phenols is 1. The third kappa shape index (κ3) is 3.02. The summed E-state index contributed by atoms with van der Waals surface area (Å²) in [5.74, 6) is -1.00. The van der Waals surface area contributed by atoms with Crippen molar-refractivity contribution in [2.45, 2.75) is 6.92 Å². The number of rotatable bonds is 2. The van der Waals surface area contributed by atoms with Gasteiger partial charge in [0.05, 0.1) is 0 Å². The fourth-order valence-electron chi connectivity index (χ4n) is 1.07. The molecule has 1 rings (SSSR count). The van der Waals surface area contributed by atoms with Gasteiger partial charge in [-0.1, -0.05) is 0 Å². The van der Waals surface area contributed by atoms with Crippen molar-refractivity contribution in [1.82, 2.24) is 0 Å². The Bertz CT molecular complexity index is 484. The molecular weight excluding hydrogens is 300 g/mol. The third-order valence-corrected chi connectivity index (χ3v) is 4.07. The summed E-state index contributed by atoms with van der Waals surface area (Å²) in [5, 5.41) is 11.6. The van der Waals surface area contributed by atoms with Crippen LogP contribution in [0.3, 0.4) is 0 Å². The topological polar surface area (TPSA) is 107 Å². The molecule has 0 aromatic heterocycles. The van der Waals surface area contributed by atoms with E-state index < -0.39 is 30.2 Å². The van der Waals surface area contributed by atoms with E-state index in [0.29, 0.717) is 0 Å². The first-order chi connectivity index (χ1) is 7.21. The van der Waals surface area contributed by atoms with Crippen molar-refractivity contribution >= 4 is 41.7 Å². The fourth-order valence-corrected chi connectivity index (χ4v) is 2.83. The molecule has 8 heteroatoms. The molecular formula is C8H9AsClNO5. The summed E-state index contributed by atoms with van der Waals surface area (Å²) in [7, 11) is 0. The monoisotopic (exact) mass is 309 g/mol. The van der Waals surface area contributed by atoms with Crippen LogP contribution in [-0.4, -0.2) is 33.4 Å². The minimum atomic E-state index is -5.21. The van der Waals surface area contributed by atoms with Gasteiger partial charge >= 0.3 is 98.7 Å². The molecule has 0 aliphatic heterocycles. The number of amides is 1. The van der Waals surface area contributed by atoms with Gasteiger partial charge in [0, 0.05) is 0 Å². The predicted molar refractivity (Wildman–Crippen MR) is 57.9 cm³/mol. The Balaban J connectivity index is 3.27. The molecule has 0 unspecified atom stereocenters. The predicted octanol–water partition coefficient (Wildman–Crippen LogP) is -0.435. The SMILES string of the molecule is CC(=O)Nc1cc(O)c([As](=O)(O)O)cc1Cl. The van der Waals surface area contributed by atoms with Gasteiger partial charge in [-0.25, -0.2) is 0 Å². The molecule has 4 N–H and O–H groups in total. The van der Waals surface area contributed by atoms with E-state index in [1.807, 2.05) is 0 Å². The van der Waals surface area contributed by atoms with Crippen LogP contribution in [0.4, 0.5) is 5.69 Å². The van der Waals surface area contributed by atoms with E-state index in [2.05, 4.69) is 5.32 Å². The summed E-state index contributed by atoms with van der Waals surface area (Å²) < 4.78 is 28.3. The van der Waals surface area contributed by atoms with Gasteiger partial charge in [-0.3, -0.25) is 0 Å². The first-order valence-electron chi connectivity index (χ1n) is 4.08. The Morgan fingerprint density at radius 2 is 2.00 bits per heavy atom. The summed E-state index contributed by atoms with van der Waals surface area (Å²) in [6.07, 6.45) is 0. The van der Waals surface area contributed by atoms with Crippen LogP contribution in [0.1, 0.15) is 6.92 Å². The number of aromatic hydroxyl groups is 1. The normalized spacial score (nSPS) is 11.2. The van der Waals surface area contributed by atoms with E-state index >= 15 is 0 Å². The molecule has 0 spiro atoms. The Hall–Kier alpha value is -0.942.